The molecule has 0 aromatic carbocycles. The molecule has 1 aromatic heterocycles. The van der Waals surface area contributed by atoms with Crippen molar-refractivity contribution < 1.29 is 24.5 Å². The smallest absolute Gasteiger partial charge is 0.223 e. The summed E-state index contributed by atoms with van der Waals surface area (Å²) in [4.78, 5) is 31.0. The number of Topliss-reactive ketones (excluding diaryl/α,β-unsaturated/α-hetero) is 1. The van der Waals surface area contributed by atoms with Gasteiger partial charge in [0, 0.05) is 17.2 Å². The van der Waals surface area contributed by atoms with Gasteiger partial charge in [-0.3, -0.25) is 9.59 Å². The second-order valence-corrected chi connectivity index (χ2v) is 13.0. The Morgan fingerprint density at radius 1 is 1.22 bits per heavy atom. The minimum Gasteiger partial charge on any atom is -0.392 e. The summed E-state index contributed by atoms with van der Waals surface area (Å²) >= 11 is 1.58. The number of amides is 1. The number of nitrogens with zero attached hydrogens (tertiary/aromatic N) is 1. The van der Waals surface area contributed by atoms with E-state index in [0.29, 0.717) is 0 Å². The zero-order chi connectivity index (χ0) is 27.0. The lowest BCUT2D eigenvalue weighted by Gasteiger charge is -2.35. The van der Waals surface area contributed by atoms with Crippen molar-refractivity contribution in [1.29, 1.82) is 0 Å². The fraction of sp³-hybridized carbons (Fsp3) is 0.750. The third-order valence-corrected chi connectivity index (χ3v) is 9.24. The molecular formula is C28H44N2O5S. The maximum absolute atomic E-state index is 13.3. The number of aliphatic hydroxyl groups excluding tert-OH is 2. The van der Waals surface area contributed by atoms with E-state index >= 15 is 0 Å². The third-order valence-electron chi connectivity index (χ3n) is 8.45. The SMILES string of the molecule is C/C(=C\c1csc(C)n1)[C@H]1NC(=O)C[C@H](O)C(C)(C)C(=O)[C@H](C)[C@@H](O)[C@@H](C)CCC[C@@]2(C)O[C@H]2[C@@H]1C. The number of carbonyl (C=O) groups excluding carboxylic acids is 2. The highest BCUT2D eigenvalue weighted by Crippen LogP contribution is 2.47. The molecule has 7 nitrogen and oxygen atoms in total. The number of ketones is 1. The van der Waals surface area contributed by atoms with Gasteiger partial charge >= 0.3 is 0 Å². The van der Waals surface area contributed by atoms with Crippen molar-refractivity contribution in [2.45, 2.75) is 111 Å². The molecule has 2 aliphatic heterocycles. The second-order valence-electron chi connectivity index (χ2n) is 11.9. The summed E-state index contributed by atoms with van der Waals surface area (Å²) in [5, 5.41) is 28.0. The zero-order valence-corrected chi connectivity index (χ0v) is 23.8. The first-order valence-electron chi connectivity index (χ1n) is 13.1. The van der Waals surface area contributed by atoms with Crippen LogP contribution in [0.3, 0.4) is 0 Å². The Morgan fingerprint density at radius 3 is 2.50 bits per heavy atom. The van der Waals surface area contributed by atoms with Gasteiger partial charge in [0.25, 0.3) is 0 Å². The lowest BCUT2D eigenvalue weighted by molar-refractivity contribution is -0.143. The van der Waals surface area contributed by atoms with Gasteiger partial charge in [0.2, 0.25) is 5.91 Å². The van der Waals surface area contributed by atoms with Crippen LogP contribution in [0.15, 0.2) is 11.0 Å². The molecule has 8 atom stereocenters. The largest absolute Gasteiger partial charge is 0.392 e. The normalized spacial score (nSPS) is 38.8. The monoisotopic (exact) mass is 520 g/mol. The Morgan fingerprint density at radius 2 is 1.89 bits per heavy atom. The van der Waals surface area contributed by atoms with Crippen LogP contribution in [0, 0.1) is 30.1 Å². The molecule has 3 heterocycles. The molecule has 8 heteroatoms. The summed E-state index contributed by atoms with van der Waals surface area (Å²) in [5.74, 6) is -1.26. The quantitative estimate of drug-likeness (QED) is 0.502. The number of hydrogen-bond donors (Lipinski definition) is 3. The molecule has 2 fully saturated rings. The first-order chi connectivity index (χ1) is 16.7. The highest BCUT2D eigenvalue weighted by atomic mass is 32.1. The number of thiazole rings is 1. The highest BCUT2D eigenvalue weighted by Gasteiger charge is 2.56. The molecule has 1 amide bonds. The molecule has 0 aliphatic carbocycles. The molecule has 2 aliphatic rings. The standard InChI is InChI=1S/C28H44N2O5S/c1-15-10-9-11-28(8)26(35-28)17(3)23(16(2)12-20-14-36-19(5)29-20)30-22(32)13-21(31)27(6,7)25(34)18(4)24(15)33/h12,14-15,17-18,21,23-24,26,31,33H,9-11,13H2,1-8H3,(H,30,32)/b16-12+/t15-,17+,18+,21-,23+,24-,26-,28+/m0/s1. The Labute approximate surface area is 219 Å². The number of aromatic nitrogens is 1. The van der Waals surface area contributed by atoms with Gasteiger partial charge < -0.3 is 20.3 Å². The molecule has 1 aromatic rings. The van der Waals surface area contributed by atoms with Crippen LogP contribution < -0.4 is 5.32 Å². The van der Waals surface area contributed by atoms with Gasteiger partial charge in [-0.05, 0) is 51.2 Å². The third kappa shape index (κ3) is 6.26. The van der Waals surface area contributed by atoms with E-state index in [1.165, 1.54) is 0 Å². The van der Waals surface area contributed by atoms with E-state index in [0.717, 1.165) is 35.5 Å². The summed E-state index contributed by atoms with van der Waals surface area (Å²) in [5.41, 5.74) is 0.369. The predicted octanol–water partition coefficient (Wildman–Crippen LogP) is 4.30. The molecule has 0 saturated carbocycles. The summed E-state index contributed by atoms with van der Waals surface area (Å²) < 4.78 is 6.21. The fourth-order valence-corrected chi connectivity index (χ4v) is 6.30. The number of ether oxygens (including phenoxy) is 1. The number of rotatable bonds is 2. The molecule has 36 heavy (non-hydrogen) atoms. The Balaban J connectivity index is 1.91. The van der Waals surface area contributed by atoms with Gasteiger partial charge in [-0.15, -0.1) is 11.3 Å². The number of hydrogen-bond acceptors (Lipinski definition) is 7. The molecule has 0 unspecified atom stereocenters. The van der Waals surface area contributed by atoms with Crippen LogP contribution in [0.4, 0.5) is 0 Å². The number of carbonyl (C=O) groups is 2. The van der Waals surface area contributed by atoms with Crippen molar-refractivity contribution in [3.05, 3.63) is 21.7 Å². The number of aliphatic hydroxyl groups is 2. The zero-order valence-electron chi connectivity index (χ0n) is 23.0. The molecule has 0 radical (unpaired) electrons. The lowest BCUT2D eigenvalue weighted by atomic mass is 9.72. The topological polar surface area (TPSA) is 112 Å². The maximum atomic E-state index is 13.3. The van der Waals surface area contributed by atoms with Crippen molar-refractivity contribution in [1.82, 2.24) is 10.3 Å². The maximum Gasteiger partial charge on any atom is 0.223 e. The van der Waals surface area contributed by atoms with Crippen molar-refractivity contribution in [2.75, 3.05) is 0 Å². The molecule has 0 bridgehead atoms. The van der Waals surface area contributed by atoms with E-state index < -0.39 is 23.5 Å². The van der Waals surface area contributed by atoms with Crippen LogP contribution >= 0.6 is 11.3 Å². The van der Waals surface area contributed by atoms with E-state index in [1.54, 1.807) is 32.1 Å². The molecule has 202 valence electrons. The van der Waals surface area contributed by atoms with E-state index in [1.807, 2.05) is 32.2 Å². The molecule has 3 rings (SSSR count). The van der Waals surface area contributed by atoms with Crippen molar-refractivity contribution in [3.8, 4) is 0 Å². The van der Waals surface area contributed by atoms with Crippen LogP contribution in [0.5, 0.6) is 0 Å². The summed E-state index contributed by atoms with van der Waals surface area (Å²) in [7, 11) is 0. The minimum absolute atomic E-state index is 0.00217. The van der Waals surface area contributed by atoms with Crippen LogP contribution in [0.2, 0.25) is 0 Å². The van der Waals surface area contributed by atoms with Gasteiger partial charge in [0.05, 0.1) is 52.5 Å². The molecule has 0 spiro atoms. The Kier molecular flexibility index (Phi) is 8.86. The molecular weight excluding hydrogens is 476 g/mol. The van der Waals surface area contributed by atoms with Crippen molar-refractivity contribution in [3.63, 3.8) is 0 Å². The highest BCUT2D eigenvalue weighted by molar-refractivity contribution is 7.09. The summed E-state index contributed by atoms with van der Waals surface area (Å²) in [6, 6.07) is -0.301. The van der Waals surface area contributed by atoms with Gasteiger partial charge in [-0.25, -0.2) is 4.98 Å². The second kappa shape index (κ2) is 11.0. The summed E-state index contributed by atoms with van der Waals surface area (Å²) in [6.45, 7) is 15.1. The first kappa shape index (κ1) is 29.0. The Hall–Kier alpha value is -1.61. The number of epoxide rings is 1. The average Bonchev–Trinajstić information content (AvgIpc) is 3.31. The first-order valence-corrected chi connectivity index (χ1v) is 14.0. The van der Waals surface area contributed by atoms with E-state index in [9.17, 15) is 19.8 Å². The van der Waals surface area contributed by atoms with E-state index in [-0.39, 0.29) is 47.7 Å². The van der Waals surface area contributed by atoms with Crippen LogP contribution in [-0.4, -0.2) is 56.8 Å². The van der Waals surface area contributed by atoms with Crippen LogP contribution in [0.1, 0.15) is 84.9 Å². The van der Waals surface area contributed by atoms with Crippen LogP contribution in [0.25, 0.3) is 6.08 Å². The number of aryl methyl sites for hydroxylation is 1. The van der Waals surface area contributed by atoms with Gasteiger partial charge in [-0.1, -0.05) is 41.0 Å². The van der Waals surface area contributed by atoms with E-state index in [4.69, 9.17) is 4.74 Å². The van der Waals surface area contributed by atoms with E-state index in [2.05, 4.69) is 24.1 Å². The number of nitrogens with one attached hydrogen (secondary N) is 1. The van der Waals surface area contributed by atoms with Gasteiger partial charge in [-0.2, -0.15) is 0 Å². The summed E-state index contributed by atoms with van der Waals surface area (Å²) in [6.07, 6.45) is 2.30. The molecule has 3 N–H and O–H groups in total. The predicted molar refractivity (Wildman–Crippen MR) is 142 cm³/mol. The lowest BCUT2D eigenvalue weighted by Crippen LogP contribution is -2.48. The van der Waals surface area contributed by atoms with Crippen molar-refractivity contribution in [2.24, 2.45) is 23.2 Å². The molecule has 2 saturated heterocycles. The Bertz CT molecular complexity index is 988. The van der Waals surface area contributed by atoms with Gasteiger partial charge in [0.15, 0.2) is 0 Å². The van der Waals surface area contributed by atoms with Gasteiger partial charge in [0.1, 0.15) is 5.78 Å². The average molecular weight is 521 g/mol. The minimum atomic E-state index is -1.17. The van der Waals surface area contributed by atoms with Crippen LogP contribution in [-0.2, 0) is 14.3 Å². The van der Waals surface area contributed by atoms with Crippen molar-refractivity contribution >= 4 is 29.1 Å². The number of fused-ring (bicyclic) bond motifs is 1. The fourth-order valence-electron chi connectivity index (χ4n) is 5.73.